The molecule has 0 spiro atoms. The van der Waals surface area contributed by atoms with Crippen molar-refractivity contribution in [3.8, 4) is 11.5 Å². The van der Waals surface area contributed by atoms with Crippen molar-refractivity contribution in [2.24, 2.45) is 0 Å². The minimum Gasteiger partial charge on any atom is -0.490 e. The number of amides is 3. The Morgan fingerprint density at radius 1 is 1.03 bits per heavy atom. The van der Waals surface area contributed by atoms with E-state index < -0.39 is 5.91 Å². The van der Waals surface area contributed by atoms with E-state index in [2.05, 4.69) is 5.32 Å². The normalized spacial score (nSPS) is 14.2. The second-order valence-corrected chi connectivity index (χ2v) is 9.70. The summed E-state index contributed by atoms with van der Waals surface area (Å²) in [4.78, 5) is 39.2. The Morgan fingerprint density at radius 2 is 1.81 bits per heavy atom. The van der Waals surface area contributed by atoms with E-state index >= 15 is 0 Å². The van der Waals surface area contributed by atoms with Gasteiger partial charge in [0, 0.05) is 10.7 Å². The van der Waals surface area contributed by atoms with Crippen molar-refractivity contribution in [2.75, 3.05) is 18.5 Å². The molecule has 190 valence electrons. The number of hydrogen-bond acceptors (Lipinski definition) is 6. The molecule has 0 atom stereocenters. The van der Waals surface area contributed by atoms with Crippen molar-refractivity contribution >= 4 is 63.8 Å². The minimum absolute atomic E-state index is 0.116. The van der Waals surface area contributed by atoms with E-state index in [9.17, 15) is 14.4 Å². The Bertz CT molecular complexity index is 1360. The molecule has 0 unspecified atom stereocenters. The number of hydrogen-bond donors (Lipinski definition) is 1. The van der Waals surface area contributed by atoms with Crippen LogP contribution in [-0.2, 0) is 16.1 Å². The second kappa shape index (κ2) is 12.2. The van der Waals surface area contributed by atoms with Gasteiger partial charge in [0.1, 0.15) is 0 Å². The molecule has 1 aliphatic heterocycles. The highest BCUT2D eigenvalue weighted by atomic mass is 35.5. The predicted octanol–water partition coefficient (Wildman–Crippen LogP) is 6.65. The number of carbonyl (C=O) groups is 3. The number of nitrogens with one attached hydrogen (secondary N) is 1. The molecule has 7 nitrogen and oxygen atoms in total. The van der Waals surface area contributed by atoms with E-state index in [1.807, 2.05) is 18.2 Å². The number of rotatable bonds is 9. The first-order chi connectivity index (χ1) is 17.8. The lowest BCUT2D eigenvalue weighted by Gasteiger charge is -2.15. The lowest BCUT2D eigenvalue weighted by Crippen LogP contribution is -2.27. The van der Waals surface area contributed by atoms with Crippen LogP contribution in [0.1, 0.15) is 18.1 Å². The van der Waals surface area contributed by atoms with Crippen LogP contribution in [0.2, 0.25) is 10.0 Å². The van der Waals surface area contributed by atoms with Crippen molar-refractivity contribution < 1.29 is 23.9 Å². The van der Waals surface area contributed by atoms with Gasteiger partial charge in [0.05, 0.1) is 23.1 Å². The smallest absolute Gasteiger partial charge is 0.293 e. The van der Waals surface area contributed by atoms with Crippen molar-refractivity contribution in [3.63, 3.8) is 0 Å². The molecule has 10 heteroatoms. The highest BCUT2D eigenvalue weighted by molar-refractivity contribution is 8.18. The van der Waals surface area contributed by atoms with E-state index in [0.29, 0.717) is 28.6 Å². The number of carbonyl (C=O) groups excluding carboxylic acids is 3. The van der Waals surface area contributed by atoms with Crippen LogP contribution in [0.25, 0.3) is 6.08 Å². The third kappa shape index (κ3) is 6.85. The standard InChI is InChI=1S/C27H22Cl2N2O5S/c1-2-35-22-13-18(12-21(29)25(22)36-16-24(32)30-20-9-4-3-5-10-20)14-23-26(33)31(27(34)37-23)15-17-7-6-8-19(28)11-17/h3-14H,2,15-16H2,1H3,(H,30,32)/b23-14-. The number of anilines is 1. The Kier molecular flexibility index (Phi) is 8.76. The zero-order valence-electron chi connectivity index (χ0n) is 19.7. The number of para-hydroxylation sites is 1. The summed E-state index contributed by atoms with van der Waals surface area (Å²) < 4.78 is 11.4. The SMILES string of the molecule is CCOc1cc(/C=C2\SC(=O)N(Cc3cccc(Cl)c3)C2=O)cc(Cl)c1OCC(=O)Nc1ccccc1. The van der Waals surface area contributed by atoms with E-state index in [4.69, 9.17) is 32.7 Å². The first-order valence-corrected chi connectivity index (χ1v) is 12.8. The van der Waals surface area contributed by atoms with Crippen molar-refractivity contribution in [2.45, 2.75) is 13.5 Å². The molecule has 3 aromatic carbocycles. The van der Waals surface area contributed by atoms with E-state index in [-0.39, 0.29) is 40.0 Å². The van der Waals surface area contributed by atoms with Crippen LogP contribution in [-0.4, -0.2) is 35.2 Å². The number of halogens is 2. The summed E-state index contributed by atoms with van der Waals surface area (Å²) in [5.74, 6) is -0.256. The number of imide groups is 1. The molecule has 0 radical (unpaired) electrons. The minimum atomic E-state index is -0.415. The van der Waals surface area contributed by atoms with Gasteiger partial charge in [-0.05, 0) is 72.3 Å². The third-order valence-electron chi connectivity index (χ3n) is 5.14. The number of ether oxygens (including phenoxy) is 2. The predicted molar refractivity (Wildman–Crippen MR) is 146 cm³/mol. The number of nitrogens with zero attached hydrogens (tertiary/aromatic N) is 1. The van der Waals surface area contributed by atoms with Crippen molar-refractivity contribution in [1.29, 1.82) is 0 Å². The first-order valence-electron chi connectivity index (χ1n) is 11.3. The molecular weight excluding hydrogens is 535 g/mol. The zero-order chi connectivity index (χ0) is 26.4. The van der Waals surface area contributed by atoms with Gasteiger partial charge in [-0.2, -0.15) is 0 Å². The lowest BCUT2D eigenvalue weighted by molar-refractivity contribution is -0.123. The Balaban J connectivity index is 1.49. The average Bonchev–Trinajstić information content (AvgIpc) is 3.11. The zero-order valence-corrected chi connectivity index (χ0v) is 22.0. The monoisotopic (exact) mass is 556 g/mol. The summed E-state index contributed by atoms with van der Waals surface area (Å²) in [6.07, 6.45) is 1.57. The topological polar surface area (TPSA) is 84.9 Å². The molecule has 1 heterocycles. The first kappa shape index (κ1) is 26.6. The fraction of sp³-hybridized carbons (Fsp3) is 0.148. The molecule has 0 bridgehead atoms. The van der Waals surface area contributed by atoms with E-state index in [1.165, 1.54) is 0 Å². The Labute approximate surface area is 228 Å². The van der Waals surface area contributed by atoms with Gasteiger partial charge in [-0.1, -0.05) is 53.5 Å². The van der Waals surface area contributed by atoms with Crippen LogP contribution in [0.3, 0.4) is 0 Å². The maximum Gasteiger partial charge on any atom is 0.293 e. The second-order valence-electron chi connectivity index (χ2n) is 7.86. The molecule has 3 aromatic rings. The fourth-order valence-electron chi connectivity index (χ4n) is 3.54. The summed E-state index contributed by atoms with van der Waals surface area (Å²) in [6.45, 7) is 1.96. The lowest BCUT2D eigenvalue weighted by atomic mass is 10.1. The average molecular weight is 557 g/mol. The van der Waals surface area contributed by atoms with Crippen LogP contribution in [0.15, 0.2) is 71.6 Å². The molecule has 0 aromatic heterocycles. The van der Waals surface area contributed by atoms with Crippen molar-refractivity contribution in [3.05, 3.63) is 92.8 Å². The highest BCUT2D eigenvalue weighted by Gasteiger charge is 2.35. The largest absolute Gasteiger partial charge is 0.490 e. The molecule has 4 rings (SSSR count). The molecule has 0 saturated carbocycles. The van der Waals surface area contributed by atoms with Crippen LogP contribution < -0.4 is 14.8 Å². The molecule has 1 aliphatic rings. The summed E-state index contributed by atoms with van der Waals surface area (Å²) in [5, 5.41) is 3.08. The summed E-state index contributed by atoms with van der Waals surface area (Å²) in [7, 11) is 0. The summed E-state index contributed by atoms with van der Waals surface area (Å²) in [5.41, 5.74) is 1.94. The van der Waals surface area contributed by atoms with Gasteiger partial charge in [-0.3, -0.25) is 19.3 Å². The molecular formula is C27H22Cl2N2O5S. The van der Waals surface area contributed by atoms with Crippen LogP contribution in [0, 0.1) is 0 Å². The van der Waals surface area contributed by atoms with Gasteiger partial charge >= 0.3 is 0 Å². The van der Waals surface area contributed by atoms with E-state index in [1.54, 1.807) is 61.5 Å². The van der Waals surface area contributed by atoms with Crippen LogP contribution in [0.5, 0.6) is 11.5 Å². The van der Waals surface area contributed by atoms with E-state index in [0.717, 1.165) is 22.2 Å². The Hall–Kier alpha value is -3.46. The molecule has 37 heavy (non-hydrogen) atoms. The van der Waals surface area contributed by atoms with Crippen molar-refractivity contribution in [1.82, 2.24) is 4.90 Å². The number of benzene rings is 3. The molecule has 3 amide bonds. The summed E-state index contributed by atoms with van der Waals surface area (Å²) in [6, 6.07) is 19.2. The Morgan fingerprint density at radius 3 is 2.54 bits per heavy atom. The maximum atomic E-state index is 12.9. The third-order valence-corrected chi connectivity index (χ3v) is 6.56. The van der Waals surface area contributed by atoms with Gasteiger partial charge in [-0.25, -0.2) is 0 Å². The molecule has 1 N–H and O–H groups in total. The maximum absolute atomic E-state index is 12.9. The van der Waals surface area contributed by atoms with Gasteiger partial charge in [0.2, 0.25) is 0 Å². The van der Waals surface area contributed by atoms with Gasteiger partial charge in [-0.15, -0.1) is 0 Å². The summed E-state index contributed by atoms with van der Waals surface area (Å²) >= 11 is 13.3. The highest BCUT2D eigenvalue weighted by Crippen LogP contribution is 2.39. The van der Waals surface area contributed by atoms with Gasteiger partial charge in [0.15, 0.2) is 18.1 Å². The van der Waals surface area contributed by atoms with Gasteiger partial charge < -0.3 is 14.8 Å². The molecule has 1 fully saturated rings. The molecule has 0 aliphatic carbocycles. The van der Waals surface area contributed by atoms with Crippen LogP contribution >= 0.6 is 35.0 Å². The number of thioether (sulfide) groups is 1. The van der Waals surface area contributed by atoms with Gasteiger partial charge in [0.25, 0.3) is 17.1 Å². The molecule has 1 saturated heterocycles. The quantitative estimate of drug-likeness (QED) is 0.297. The van der Waals surface area contributed by atoms with Crippen LogP contribution in [0.4, 0.5) is 10.5 Å². The fourth-order valence-corrected chi connectivity index (χ4v) is 4.86.